The molecule has 2 aromatic heterocycles. The summed E-state index contributed by atoms with van der Waals surface area (Å²) in [5.41, 5.74) is 17.8. The lowest BCUT2D eigenvalue weighted by molar-refractivity contribution is 0.735. The standard InChI is InChI=1S/C53H36N4/c1-33-26-29-36(30-27-33)57-48-25-12-11-24-47(48)55-52(57)35-28-31-38-37-16-5-8-20-42(37)53(45(38)32-35)43-21-9-6-17-39(43)49-41(19-13-22-44(49)53)51-54-46-23-10-7-18-40(46)50(56-51)34-14-3-2-4-15-34/h2-26,28-33H,27H2,1H3. The second-order valence-corrected chi connectivity index (χ2v) is 15.6. The maximum absolute atomic E-state index is 5.40. The molecule has 4 nitrogen and oxygen atoms in total. The van der Waals surface area contributed by atoms with Crippen molar-refractivity contribution in [3.63, 3.8) is 0 Å². The van der Waals surface area contributed by atoms with Crippen molar-refractivity contribution in [2.45, 2.75) is 18.8 Å². The second-order valence-electron chi connectivity index (χ2n) is 15.6. The lowest BCUT2D eigenvalue weighted by Crippen LogP contribution is -2.26. The molecule has 2 heterocycles. The number of benzene rings is 7. The highest BCUT2D eigenvalue weighted by Crippen LogP contribution is 2.64. The number of para-hydroxylation sites is 3. The molecule has 0 N–H and O–H groups in total. The molecular formula is C53H36N4. The van der Waals surface area contributed by atoms with Crippen LogP contribution in [0, 0.1) is 5.92 Å². The lowest BCUT2D eigenvalue weighted by atomic mass is 9.70. The van der Waals surface area contributed by atoms with Crippen LogP contribution in [0.15, 0.2) is 182 Å². The van der Waals surface area contributed by atoms with Crippen molar-refractivity contribution >= 4 is 27.6 Å². The van der Waals surface area contributed by atoms with E-state index in [0.29, 0.717) is 5.92 Å². The molecule has 4 heteroatoms. The van der Waals surface area contributed by atoms with E-state index in [9.17, 15) is 0 Å². The number of hydrogen-bond donors (Lipinski definition) is 0. The van der Waals surface area contributed by atoms with Crippen LogP contribution >= 0.6 is 0 Å². The first-order valence-electron chi connectivity index (χ1n) is 19.9. The van der Waals surface area contributed by atoms with Gasteiger partial charge >= 0.3 is 0 Å². The molecule has 57 heavy (non-hydrogen) atoms. The third-order valence-electron chi connectivity index (χ3n) is 12.4. The van der Waals surface area contributed by atoms with Gasteiger partial charge in [-0.25, -0.2) is 15.0 Å². The first-order chi connectivity index (χ1) is 28.2. The molecular weight excluding hydrogens is 693 g/mol. The van der Waals surface area contributed by atoms with Crippen LogP contribution in [-0.2, 0) is 5.41 Å². The molecule has 268 valence electrons. The number of imidazole rings is 1. The van der Waals surface area contributed by atoms with Gasteiger partial charge in [0.25, 0.3) is 0 Å². The first kappa shape index (κ1) is 32.1. The van der Waals surface area contributed by atoms with E-state index in [0.717, 1.165) is 62.4 Å². The van der Waals surface area contributed by atoms with Crippen molar-refractivity contribution in [1.29, 1.82) is 0 Å². The van der Waals surface area contributed by atoms with Crippen molar-refractivity contribution < 1.29 is 0 Å². The van der Waals surface area contributed by atoms with Crippen LogP contribution in [0.1, 0.15) is 35.6 Å². The van der Waals surface area contributed by atoms with Gasteiger partial charge in [-0.1, -0.05) is 159 Å². The van der Waals surface area contributed by atoms with E-state index in [1.807, 2.05) is 0 Å². The molecule has 7 aromatic carbocycles. The average molecular weight is 729 g/mol. The summed E-state index contributed by atoms with van der Waals surface area (Å²) in [6.45, 7) is 2.27. The molecule has 0 amide bonds. The lowest BCUT2D eigenvalue weighted by Gasteiger charge is -2.31. The predicted molar refractivity (Wildman–Crippen MR) is 233 cm³/mol. The van der Waals surface area contributed by atoms with Crippen molar-refractivity contribution in [3.05, 3.63) is 204 Å². The Bertz CT molecular complexity index is 3190. The number of fused-ring (bicyclic) bond motifs is 12. The molecule has 0 saturated heterocycles. The molecule has 9 aromatic rings. The normalized spacial score (nSPS) is 17.4. The summed E-state index contributed by atoms with van der Waals surface area (Å²) < 4.78 is 2.35. The van der Waals surface area contributed by atoms with E-state index in [4.69, 9.17) is 15.0 Å². The first-order valence-corrected chi connectivity index (χ1v) is 19.9. The van der Waals surface area contributed by atoms with Gasteiger partial charge in [0, 0.05) is 27.8 Å². The largest absolute Gasteiger partial charge is 0.293 e. The number of nitrogens with zero attached hydrogens (tertiary/aromatic N) is 4. The van der Waals surface area contributed by atoms with Gasteiger partial charge in [0.15, 0.2) is 5.82 Å². The Kier molecular flexibility index (Phi) is 6.85. The fraction of sp³-hybridized carbons (Fsp3) is 0.0755. The van der Waals surface area contributed by atoms with Crippen LogP contribution in [0.25, 0.3) is 83.9 Å². The van der Waals surface area contributed by atoms with Crippen LogP contribution in [0.4, 0.5) is 0 Å². The Morgan fingerprint density at radius 2 is 1.23 bits per heavy atom. The maximum Gasteiger partial charge on any atom is 0.161 e. The van der Waals surface area contributed by atoms with Crippen molar-refractivity contribution in [1.82, 2.24) is 19.5 Å². The van der Waals surface area contributed by atoms with E-state index < -0.39 is 5.41 Å². The average Bonchev–Trinajstić information content (AvgIpc) is 3.91. The predicted octanol–water partition coefficient (Wildman–Crippen LogP) is 12.8. The van der Waals surface area contributed by atoms with E-state index >= 15 is 0 Å². The molecule has 3 aliphatic rings. The third-order valence-corrected chi connectivity index (χ3v) is 12.4. The second kappa shape index (κ2) is 12.2. The summed E-state index contributed by atoms with van der Waals surface area (Å²) in [7, 11) is 0. The van der Waals surface area contributed by atoms with Gasteiger partial charge in [-0.15, -0.1) is 0 Å². The van der Waals surface area contributed by atoms with Crippen LogP contribution in [0.3, 0.4) is 0 Å². The number of aromatic nitrogens is 4. The summed E-state index contributed by atoms with van der Waals surface area (Å²) in [6.07, 6.45) is 7.94. The van der Waals surface area contributed by atoms with Crippen LogP contribution in [0.2, 0.25) is 0 Å². The van der Waals surface area contributed by atoms with Gasteiger partial charge in [0.05, 0.1) is 27.7 Å². The Labute approximate surface area is 331 Å². The van der Waals surface area contributed by atoms with E-state index in [1.54, 1.807) is 0 Å². The summed E-state index contributed by atoms with van der Waals surface area (Å²) >= 11 is 0. The Morgan fingerprint density at radius 1 is 0.544 bits per heavy atom. The fourth-order valence-electron chi connectivity index (χ4n) is 9.89. The van der Waals surface area contributed by atoms with Gasteiger partial charge in [-0.2, -0.15) is 0 Å². The van der Waals surface area contributed by atoms with E-state index in [-0.39, 0.29) is 0 Å². The van der Waals surface area contributed by atoms with Gasteiger partial charge < -0.3 is 0 Å². The highest BCUT2D eigenvalue weighted by atomic mass is 15.1. The highest BCUT2D eigenvalue weighted by molar-refractivity contribution is 6.01. The zero-order valence-electron chi connectivity index (χ0n) is 31.4. The third kappa shape index (κ3) is 4.53. The van der Waals surface area contributed by atoms with Crippen LogP contribution in [-0.4, -0.2) is 19.5 Å². The summed E-state index contributed by atoms with van der Waals surface area (Å²) in [4.78, 5) is 16.0. The molecule has 0 saturated carbocycles. The Balaban J connectivity index is 1.13. The van der Waals surface area contributed by atoms with Crippen LogP contribution < -0.4 is 0 Å². The minimum Gasteiger partial charge on any atom is -0.293 e. The van der Waals surface area contributed by atoms with Gasteiger partial charge in [-0.3, -0.25) is 4.57 Å². The minimum absolute atomic E-state index is 0.516. The molecule has 2 unspecified atom stereocenters. The monoisotopic (exact) mass is 728 g/mol. The topological polar surface area (TPSA) is 43.6 Å². The summed E-state index contributed by atoms with van der Waals surface area (Å²) in [5, 5.41) is 1.04. The molecule has 1 spiro atoms. The minimum atomic E-state index is -0.556. The van der Waals surface area contributed by atoms with Gasteiger partial charge in [0.2, 0.25) is 0 Å². The smallest absolute Gasteiger partial charge is 0.161 e. The molecule has 12 rings (SSSR count). The molecule has 0 radical (unpaired) electrons. The zero-order valence-corrected chi connectivity index (χ0v) is 31.4. The van der Waals surface area contributed by atoms with E-state index in [1.165, 1.54) is 50.2 Å². The molecule has 3 aliphatic carbocycles. The van der Waals surface area contributed by atoms with E-state index in [2.05, 4.69) is 194 Å². The Morgan fingerprint density at radius 3 is 2.07 bits per heavy atom. The number of rotatable bonds is 4. The molecule has 0 bridgehead atoms. The highest BCUT2D eigenvalue weighted by Gasteiger charge is 2.52. The maximum atomic E-state index is 5.40. The van der Waals surface area contributed by atoms with Crippen molar-refractivity contribution in [2.24, 2.45) is 5.92 Å². The van der Waals surface area contributed by atoms with Gasteiger partial charge in [0.1, 0.15) is 5.82 Å². The Hall–Kier alpha value is -7.17. The number of hydrogen-bond acceptors (Lipinski definition) is 3. The zero-order chi connectivity index (χ0) is 37.7. The number of allylic oxidation sites excluding steroid dienone is 4. The molecule has 0 aliphatic heterocycles. The van der Waals surface area contributed by atoms with Crippen molar-refractivity contribution in [3.8, 4) is 56.3 Å². The van der Waals surface area contributed by atoms with Gasteiger partial charge in [-0.05, 0) is 87.2 Å². The summed E-state index contributed by atoms with van der Waals surface area (Å²) in [6, 6.07) is 59.1. The molecule has 2 atom stereocenters. The molecule has 0 fully saturated rings. The SMILES string of the molecule is CC1C=CC(n2c(-c3ccc4c(c3)C3(c5ccccc5-4)c4ccccc4-c4c(-c5nc(-c6ccccc6)c6ccccc6n5)cccc43)nc3ccccc32)=CC1. The van der Waals surface area contributed by atoms with Crippen molar-refractivity contribution in [2.75, 3.05) is 0 Å². The fourth-order valence-corrected chi connectivity index (χ4v) is 9.89. The van der Waals surface area contributed by atoms with Crippen LogP contribution in [0.5, 0.6) is 0 Å². The summed E-state index contributed by atoms with van der Waals surface area (Å²) in [5.74, 6) is 2.20. The quantitative estimate of drug-likeness (QED) is 0.181.